The minimum absolute atomic E-state index is 0.120. The predicted molar refractivity (Wildman–Crippen MR) is 59.4 cm³/mol. The van der Waals surface area contributed by atoms with Crippen LogP contribution in [-0.4, -0.2) is 21.7 Å². The van der Waals surface area contributed by atoms with Gasteiger partial charge in [0.05, 0.1) is 6.04 Å². The van der Waals surface area contributed by atoms with E-state index in [0.717, 1.165) is 5.69 Å². The lowest BCUT2D eigenvalue weighted by Crippen LogP contribution is -2.39. The Kier molecular flexibility index (Phi) is 3.47. The van der Waals surface area contributed by atoms with Crippen LogP contribution in [0.2, 0.25) is 0 Å². The standard InChI is InChI=1S/C10H18N4O/c1-6(2)9(11)10(15)12-8-5-7(3)14(4)13-8/h5-6,9H,11H2,1-4H3,(H,12,13,15)/t9-/m0/s1. The molecule has 0 spiro atoms. The van der Waals surface area contributed by atoms with Crippen LogP contribution in [0.4, 0.5) is 5.82 Å². The summed E-state index contributed by atoms with van der Waals surface area (Å²) in [5.41, 5.74) is 6.70. The highest BCUT2D eigenvalue weighted by Crippen LogP contribution is 2.08. The molecule has 1 amide bonds. The van der Waals surface area contributed by atoms with Gasteiger partial charge in [0.2, 0.25) is 5.91 Å². The third-order valence-corrected chi connectivity index (χ3v) is 2.39. The lowest BCUT2D eigenvalue weighted by Gasteiger charge is -2.13. The Morgan fingerprint density at radius 3 is 2.60 bits per heavy atom. The topological polar surface area (TPSA) is 72.9 Å². The summed E-state index contributed by atoms with van der Waals surface area (Å²) in [5.74, 6) is 0.481. The first-order valence-corrected chi connectivity index (χ1v) is 4.99. The van der Waals surface area contributed by atoms with E-state index in [0.29, 0.717) is 5.82 Å². The second-order valence-electron chi connectivity index (χ2n) is 4.05. The number of carbonyl (C=O) groups is 1. The fraction of sp³-hybridized carbons (Fsp3) is 0.600. The first kappa shape index (κ1) is 11.7. The van der Waals surface area contributed by atoms with E-state index in [-0.39, 0.29) is 11.8 Å². The molecule has 0 aliphatic carbocycles. The zero-order chi connectivity index (χ0) is 11.6. The van der Waals surface area contributed by atoms with Crippen LogP contribution < -0.4 is 11.1 Å². The van der Waals surface area contributed by atoms with Crippen molar-refractivity contribution in [2.45, 2.75) is 26.8 Å². The average molecular weight is 210 g/mol. The van der Waals surface area contributed by atoms with Crippen LogP contribution in [0.1, 0.15) is 19.5 Å². The molecule has 5 nitrogen and oxygen atoms in total. The molecule has 0 saturated carbocycles. The minimum atomic E-state index is -0.493. The highest BCUT2D eigenvalue weighted by Gasteiger charge is 2.18. The molecule has 1 aromatic heterocycles. The van der Waals surface area contributed by atoms with Gasteiger partial charge < -0.3 is 11.1 Å². The Morgan fingerprint density at radius 1 is 1.60 bits per heavy atom. The van der Waals surface area contributed by atoms with E-state index in [9.17, 15) is 4.79 Å². The van der Waals surface area contributed by atoms with Crippen molar-refractivity contribution in [1.29, 1.82) is 0 Å². The van der Waals surface area contributed by atoms with Gasteiger partial charge in [-0.2, -0.15) is 5.10 Å². The maximum Gasteiger partial charge on any atom is 0.242 e. The van der Waals surface area contributed by atoms with Crippen LogP contribution in [0, 0.1) is 12.8 Å². The van der Waals surface area contributed by atoms with Crippen molar-refractivity contribution in [3.8, 4) is 0 Å². The van der Waals surface area contributed by atoms with Gasteiger partial charge in [-0.25, -0.2) is 0 Å². The molecule has 0 fully saturated rings. The Balaban J connectivity index is 2.66. The van der Waals surface area contributed by atoms with E-state index >= 15 is 0 Å². The second-order valence-corrected chi connectivity index (χ2v) is 4.05. The van der Waals surface area contributed by atoms with Crippen molar-refractivity contribution in [1.82, 2.24) is 9.78 Å². The molecule has 0 bridgehead atoms. The van der Waals surface area contributed by atoms with Gasteiger partial charge in [0.15, 0.2) is 5.82 Å². The SMILES string of the molecule is Cc1cc(NC(=O)[C@@H](N)C(C)C)nn1C. The quantitative estimate of drug-likeness (QED) is 0.769. The number of anilines is 1. The molecule has 0 unspecified atom stereocenters. The van der Waals surface area contributed by atoms with Crippen LogP contribution in [0.5, 0.6) is 0 Å². The Hall–Kier alpha value is -1.36. The fourth-order valence-corrected chi connectivity index (χ4v) is 1.13. The molecular weight excluding hydrogens is 192 g/mol. The smallest absolute Gasteiger partial charge is 0.242 e. The molecule has 5 heteroatoms. The summed E-state index contributed by atoms with van der Waals surface area (Å²) in [5, 5.41) is 6.81. The third kappa shape index (κ3) is 2.79. The minimum Gasteiger partial charge on any atom is -0.320 e. The van der Waals surface area contributed by atoms with Crippen molar-refractivity contribution in [2.75, 3.05) is 5.32 Å². The number of carbonyl (C=O) groups excluding carboxylic acids is 1. The Bertz CT molecular complexity index is 337. The molecule has 3 N–H and O–H groups in total. The van der Waals surface area contributed by atoms with E-state index in [2.05, 4.69) is 10.4 Å². The number of hydrogen-bond acceptors (Lipinski definition) is 3. The van der Waals surface area contributed by atoms with Gasteiger partial charge in [-0.1, -0.05) is 13.8 Å². The first-order chi connectivity index (χ1) is 6.91. The number of rotatable bonds is 3. The lowest BCUT2D eigenvalue weighted by atomic mass is 10.1. The average Bonchev–Trinajstić information content (AvgIpc) is 2.44. The molecule has 1 heterocycles. The molecule has 1 rings (SSSR count). The van der Waals surface area contributed by atoms with E-state index in [1.54, 1.807) is 4.68 Å². The maximum atomic E-state index is 11.6. The van der Waals surface area contributed by atoms with Crippen LogP contribution in [-0.2, 0) is 11.8 Å². The zero-order valence-electron chi connectivity index (χ0n) is 9.61. The fourth-order valence-electron chi connectivity index (χ4n) is 1.13. The second kappa shape index (κ2) is 4.44. The number of nitrogens with zero attached hydrogens (tertiary/aromatic N) is 2. The van der Waals surface area contributed by atoms with E-state index in [4.69, 9.17) is 5.73 Å². The number of amides is 1. The Morgan fingerprint density at radius 2 is 2.20 bits per heavy atom. The number of nitrogens with two attached hydrogens (primary N) is 1. The summed E-state index contributed by atoms with van der Waals surface area (Å²) in [6, 6.07) is 1.32. The normalized spacial score (nSPS) is 12.9. The molecule has 1 atom stereocenters. The highest BCUT2D eigenvalue weighted by molar-refractivity contribution is 5.94. The molecule has 0 radical (unpaired) electrons. The van der Waals surface area contributed by atoms with Crippen LogP contribution in [0.15, 0.2) is 6.07 Å². The van der Waals surface area contributed by atoms with Gasteiger partial charge in [0.25, 0.3) is 0 Å². The van der Waals surface area contributed by atoms with E-state index in [1.165, 1.54) is 0 Å². The molecule has 0 aliphatic rings. The molecular formula is C10H18N4O. The molecule has 0 saturated heterocycles. The summed E-state index contributed by atoms with van der Waals surface area (Å²) in [6.45, 7) is 5.74. The summed E-state index contributed by atoms with van der Waals surface area (Å²) in [4.78, 5) is 11.6. The lowest BCUT2D eigenvalue weighted by molar-refractivity contribution is -0.118. The van der Waals surface area contributed by atoms with E-state index in [1.807, 2.05) is 33.9 Å². The number of aryl methyl sites for hydroxylation is 2. The van der Waals surface area contributed by atoms with Crippen LogP contribution >= 0.6 is 0 Å². The zero-order valence-corrected chi connectivity index (χ0v) is 9.61. The highest BCUT2D eigenvalue weighted by atomic mass is 16.2. The third-order valence-electron chi connectivity index (χ3n) is 2.39. The number of nitrogens with one attached hydrogen (secondary N) is 1. The number of aromatic nitrogens is 2. The van der Waals surface area contributed by atoms with Crippen LogP contribution in [0.25, 0.3) is 0 Å². The van der Waals surface area contributed by atoms with Gasteiger partial charge in [-0.05, 0) is 12.8 Å². The van der Waals surface area contributed by atoms with Crippen LogP contribution in [0.3, 0.4) is 0 Å². The van der Waals surface area contributed by atoms with Gasteiger partial charge in [-0.15, -0.1) is 0 Å². The van der Waals surface area contributed by atoms with Crippen molar-refractivity contribution in [3.05, 3.63) is 11.8 Å². The van der Waals surface area contributed by atoms with Crippen molar-refractivity contribution in [3.63, 3.8) is 0 Å². The molecule has 0 aliphatic heterocycles. The molecule has 1 aromatic rings. The monoisotopic (exact) mass is 210 g/mol. The van der Waals surface area contributed by atoms with Gasteiger partial charge in [-0.3, -0.25) is 9.48 Å². The summed E-state index contributed by atoms with van der Waals surface area (Å²) in [7, 11) is 1.83. The van der Waals surface area contributed by atoms with Crippen molar-refractivity contribution < 1.29 is 4.79 Å². The predicted octanol–water partition coefficient (Wildman–Crippen LogP) is 0.650. The summed E-state index contributed by atoms with van der Waals surface area (Å²) >= 11 is 0. The molecule has 84 valence electrons. The maximum absolute atomic E-state index is 11.6. The summed E-state index contributed by atoms with van der Waals surface area (Å²) < 4.78 is 1.70. The Labute approximate surface area is 89.6 Å². The summed E-state index contributed by atoms with van der Waals surface area (Å²) in [6.07, 6.45) is 0. The number of hydrogen-bond donors (Lipinski definition) is 2. The first-order valence-electron chi connectivity index (χ1n) is 4.99. The van der Waals surface area contributed by atoms with Gasteiger partial charge in [0, 0.05) is 18.8 Å². The van der Waals surface area contributed by atoms with Gasteiger partial charge in [0.1, 0.15) is 0 Å². The molecule has 15 heavy (non-hydrogen) atoms. The van der Waals surface area contributed by atoms with Gasteiger partial charge >= 0.3 is 0 Å². The van der Waals surface area contributed by atoms with Crippen molar-refractivity contribution in [2.24, 2.45) is 18.7 Å². The van der Waals surface area contributed by atoms with Crippen molar-refractivity contribution >= 4 is 11.7 Å². The van der Waals surface area contributed by atoms with E-state index < -0.39 is 6.04 Å². The molecule has 0 aromatic carbocycles. The largest absolute Gasteiger partial charge is 0.320 e.